The third-order valence-electron chi connectivity index (χ3n) is 11.1. The Morgan fingerprint density at radius 3 is 1.33 bits per heavy atom. The quantitative estimate of drug-likeness (QED) is 0.133. The lowest BCUT2D eigenvalue weighted by atomic mass is 9.82. The Labute approximate surface area is 308 Å². The van der Waals surface area contributed by atoms with Gasteiger partial charge in [-0.05, 0) is 114 Å². The molecule has 0 aliphatic carbocycles. The summed E-state index contributed by atoms with van der Waals surface area (Å²) in [6.07, 6.45) is 0. The first-order valence-corrected chi connectivity index (χ1v) is 21.6. The minimum Gasteiger partial charge on any atom is -0.0888 e. The van der Waals surface area contributed by atoms with E-state index in [0.29, 0.717) is 0 Å². The predicted octanol–water partition coefficient (Wildman–Crippen LogP) is 13.0. The Kier molecular flexibility index (Phi) is 6.52. The molecule has 51 heavy (non-hydrogen) atoms. The number of hydrogen-bond donors (Lipinski definition) is 0. The molecule has 11 rings (SSSR count). The Morgan fingerprint density at radius 2 is 0.824 bits per heavy atom. The van der Waals surface area contributed by atoms with Crippen molar-refractivity contribution in [1.29, 1.82) is 0 Å². The molecule has 2 aliphatic heterocycles. The highest BCUT2D eigenvalue weighted by Gasteiger charge is 2.26. The van der Waals surface area contributed by atoms with Gasteiger partial charge in [0.2, 0.25) is 0 Å². The van der Waals surface area contributed by atoms with Crippen molar-refractivity contribution in [3.63, 3.8) is 0 Å². The van der Waals surface area contributed by atoms with Crippen molar-refractivity contribution in [1.82, 2.24) is 0 Å². The molecule has 0 radical (unpaired) electrons. The zero-order valence-electron chi connectivity index (χ0n) is 28.4. The summed E-state index contributed by atoms with van der Waals surface area (Å²) in [6.45, 7) is 4.56. The van der Waals surface area contributed by atoms with Gasteiger partial charge in [-0.15, -0.1) is 0 Å². The zero-order valence-corrected chi connectivity index (χ0v) is 31.4. The maximum absolute atomic E-state index is 2.45. The highest BCUT2D eigenvalue weighted by molar-refractivity contribution is 8.00. The maximum atomic E-state index is 2.45. The molecule has 0 saturated heterocycles. The van der Waals surface area contributed by atoms with E-state index >= 15 is 0 Å². The normalized spacial score (nSPS) is 13.1. The number of aryl methyl sites for hydroxylation is 1. The molecule has 0 nitrogen and oxygen atoms in total. The van der Waals surface area contributed by atoms with Gasteiger partial charge in [-0.3, -0.25) is 0 Å². The van der Waals surface area contributed by atoms with Crippen LogP contribution in [0.15, 0.2) is 165 Å². The highest BCUT2D eigenvalue weighted by Crippen LogP contribution is 2.54. The minimum absolute atomic E-state index is 0.212. The first-order chi connectivity index (χ1) is 25.2. The lowest BCUT2D eigenvalue weighted by Gasteiger charge is -2.25. The molecule has 0 amide bonds. The van der Waals surface area contributed by atoms with Crippen LogP contribution >= 0.6 is 23.5 Å². The fourth-order valence-corrected chi connectivity index (χ4v) is 12.1. The van der Waals surface area contributed by atoms with Crippen LogP contribution in [0.25, 0.3) is 87.6 Å². The van der Waals surface area contributed by atoms with Crippen molar-refractivity contribution in [3.05, 3.63) is 151 Å². The summed E-state index contributed by atoms with van der Waals surface area (Å²) in [5, 5.41) is 12.1. The largest absolute Gasteiger partial charge is 0.0888 e. The minimum atomic E-state index is -0.212. The third-order valence-corrected chi connectivity index (χ3v) is 14.6. The summed E-state index contributed by atoms with van der Waals surface area (Å²) in [5.74, 6) is 0. The molecule has 9 aromatic rings. The van der Waals surface area contributed by atoms with Crippen molar-refractivity contribution >= 4 is 81.3 Å². The average molecular weight is 701 g/mol. The van der Waals surface area contributed by atoms with Crippen LogP contribution in [0.5, 0.6) is 0 Å². The summed E-state index contributed by atoms with van der Waals surface area (Å²) in [5.41, 5.74) is 11.9. The Morgan fingerprint density at radius 1 is 0.373 bits per heavy atom. The van der Waals surface area contributed by atoms with E-state index in [1.807, 2.05) is 23.5 Å². The van der Waals surface area contributed by atoms with E-state index in [4.69, 9.17) is 0 Å². The number of hydrogen-bond acceptors (Lipinski definition) is 2. The molecule has 0 saturated carbocycles. The average Bonchev–Trinajstić information content (AvgIpc) is 3.17. The van der Waals surface area contributed by atoms with Crippen LogP contribution < -0.4 is 5.19 Å². The molecule has 0 fully saturated rings. The van der Waals surface area contributed by atoms with Crippen molar-refractivity contribution in [3.8, 4) is 44.5 Å². The Bertz CT molecular complexity index is 2920. The second-order valence-electron chi connectivity index (χ2n) is 13.9. The van der Waals surface area contributed by atoms with E-state index in [2.05, 4.69) is 159 Å². The van der Waals surface area contributed by atoms with Gasteiger partial charge < -0.3 is 0 Å². The number of rotatable bonds is 3. The Balaban J connectivity index is 1.20. The fraction of sp³-hybridized carbons (Fsp3) is 0.0417. The molecular formula is C48H32S2Si. The molecule has 0 bridgehead atoms. The van der Waals surface area contributed by atoms with E-state index in [1.165, 1.54) is 118 Å². The van der Waals surface area contributed by atoms with Gasteiger partial charge in [-0.25, -0.2) is 0 Å². The fourth-order valence-electron chi connectivity index (χ4n) is 8.78. The van der Waals surface area contributed by atoms with Crippen LogP contribution in [0.3, 0.4) is 0 Å². The summed E-state index contributed by atoms with van der Waals surface area (Å²) in [4.78, 5) is 5.44. The van der Waals surface area contributed by atoms with Crippen LogP contribution in [-0.4, -0.2) is 9.52 Å². The lowest BCUT2D eigenvalue weighted by Crippen LogP contribution is -2.10. The van der Waals surface area contributed by atoms with Crippen LogP contribution in [0.1, 0.15) is 5.56 Å². The monoisotopic (exact) mass is 700 g/mol. The molecule has 0 N–H and O–H groups in total. The SMILES string of the molecule is C[SiH2]c1ccc2c(c1)Sc1ccc(-c3c4ccccc4c(-c4ccc5c6c(cccc46)-c4ccc(C)cc4S5)c4ccccc34)c3cccc-2c13. The van der Waals surface area contributed by atoms with Gasteiger partial charge in [0.1, 0.15) is 0 Å². The first-order valence-electron chi connectivity index (χ1n) is 17.8. The third kappa shape index (κ3) is 4.29. The zero-order chi connectivity index (χ0) is 33.8. The van der Waals surface area contributed by atoms with Crippen LogP contribution in [-0.2, 0) is 0 Å². The molecule has 0 unspecified atom stereocenters. The molecule has 2 aliphatic rings. The molecule has 0 atom stereocenters. The van der Waals surface area contributed by atoms with Crippen molar-refractivity contribution in [2.24, 2.45) is 0 Å². The van der Waals surface area contributed by atoms with E-state index in [-0.39, 0.29) is 9.52 Å². The molecule has 240 valence electrons. The van der Waals surface area contributed by atoms with Gasteiger partial charge in [0.05, 0.1) is 9.52 Å². The lowest BCUT2D eigenvalue weighted by molar-refractivity contribution is 1.34. The van der Waals surface area contributed by atoms with E-state index in [9.17, 15) is 0 Å². The molecule has 0 spiro atoms. The first kappa shape index (κ1) is 29.6. The molecule has 3 heteroatoms. The molecule has 2 heterocycles. The van der Waals surface area contributed by atoms with Gasteiger partial charge in [-0.2, -0.15) is 0 Å². The van der Waals surface area contributed by atoms with Gasteiger partial charge in [0, 0.05) is 30.4 Å². The summed E-state index contributed by atoms with van der Waals surface area (Å²) < 4.78 is 0. The van der Waals surface area contributed by atoms with Crippen molar-refractivity contribution in [2.45, 2.75) is 33.1 Å². The van der Waals surface area contributed by atoms with Crippen molar-refractivity contribution in [2.75, 3.05) is 0 Å². The van der Waals surface area contributed by atoms with Gasteiger partial charge in [0.25, 0.3) is 0 Å². The van der Waals surface area contributed by atoms with Crippen LogP contribution in [0.4, 0.5) is 0 Å². The topological polar surface area (TPSA) is 0 Å². The van der Waals surface area contributed by atoms with Crippen molar-refractivity contribution < 1.29 is 0 Å². The highest BCUT2D eigenvalue weighted by atomic mass is 32.2. The number of fused-ring (bicyclic) bond motifs is 6. The second-order valence-corrected chi connectivity index (χ2v) is 17.6. The summed E-state index contributed by atoms with van der Waals surface area (Å²) in [6, 6.07) is 55.6. The summed E-state index contributed by atoms with van der Waals surface area (Å²) >= 11 is 3.85. The molecule has 0 aromatic heterocycles. The smallest absolute Gasteiger partial charge is 0.0517 e. The standard InChI is InChI=1S/C48H32S2Si/c1-27-17-19-29-31-13-7-15-37-39(21-23-41(47(31)37)49-43(29)25-27)45-33-9-3-5-11-35(33)46(36-12-6-4-10-34(36)45)40-22-24-42-48-32(14-8-16-38(40)48)30-20-18-28(51-2)26-44(30)50-42/h3-26H,51H2,1-2H3. The van der Waals surface area contributed by atoms with Crippen LogP contribution in [0.2, 0.25) is 6.55 Å². The molecular weight excluding hydrogens is 669 g/mol. The number of benzene rings is 9. The van der Waals surface area contributed by atoms with E-state index in [0.717, 1.165) is 0 Å². The van der Waals surface area contributed by atoms with E-state index in [1.54, 1.807) is 0 Å². The van der Waals surface area contributed by atoms with E-state index < -0.39 is 0 Å². The predicted molar refractivity (Wildman–Crippen MR) is 225 cm³/mol. The van der Waals surface area contributed by atoms with Crippen LogP contribution in [0, 0.1) is 6.92 Å². The maximum Gasteiger partial charge on any atom is 0.0517 e. The van der Waals surface area contributed by atoms with Gasteiger partial charge >= 0.3 is 0 Å². The second kappa shape index (κ2) is 11.2. The van der Waals surface area contributed by atoms with Gasteiger partial charge in [-0.1, -0.05) is 157 Å². The van der Waals surface area contributed by atoms with Gasteiger partial charge in [0.15, 0.2) is 0 Å². The summed E-state index contributed by atoms with van der Waals surface area (Å²) in [7, 11) is -0.212. The molecule has 9 aromatic carbocycles. The Hall–Kier alpha value is -5.06.